The summed E-state index contributed by atoms with van der Waals surface area (Å²) >= 11 is 0. The number of morpholine rings is 1. The molecule has 8 nitrogen and oxygen atoms in total. The van der Waals surface area contributed by atoms with Crippen molar-refractivity contribution in [1.82, 2.24) is 0 Å². The maximum absolute atomic E-state index is 12.9. The number of nitrogens with one attached hydrogen (secondary N) is 1. The highest BCUT2D eigenvalue weighted by atomic mass is 32.2. The summed E-state index contributed by atoms with van der Waals surface area (Å²) in [4.78, 5) is 15.3. The number of carbonyl (C=O) groups is 1. The summed E-state index contributed by atoms with van der Waals surface area (Å²) in [6.45, 7) is 10.7. The third-order valence-electron chi connectivity index (χ3n) is 5.33. The van der Waals surface area contributed by atoms with Crippen molar-refractivity contribution >= 4 is 27.1 Å². The predicted molar refractivity (Wildman–Crippen MR) is 129 cm³/mol. The lowest BCUT2D eigenvalue weighted by Crippen LogP contribution is -2.36. The van der Waals surface area contributed by atoms with Crippen molar-refractivity contribution in [3.63, 3.8) is 0 Å². The molecule has 3 rings (SSSR count). The van der Waals surface area contributed by atoms with Crippen molar-refractivity contribution in [3.05, 3.63) is 42.0 Å². The molecule has 0 aliphatic carbocycles. The number of hydrogen-bond acceptors (Lipinski definition) is 7. The first-order chi connectivity index (χ1) is 15.8. The Kier molecular flexibility index (Phi) is 8.20. The van der Waals surface area contributed by atoms with Crippen LogP contribution in [-0.4, -0.2) is 59.1 Å². The number of carbonyl (C=O) groups excluding carboxylic acids is 1. The molecule has 1 aliphatic rings. The van der Waals surface area contributed by atoms with Crippen molar-refractivity contribution in [2.45, 2.75) is 37.8 Å². The highest BCUT2D eigenvalue weighted by Crippen LogP contribution is 2.39. The maximum Gasteiger partial charge on any atom is 0.255 e. The first-order valence-corrected chi connectivity index (χ1v) is 12.7. The zero-order valence-electron chi connectivity index (χ0n) is 19.6. The van der Waals surface area contributed by atoms with Crippen LogP contribution in [0.25, 0.3) is 0 Å². The Morgan fingerprint density at radius 2 is 1.64 bits per heavy atom. The molecule has 33 heavy (non-hydrogen) atoms. The molecule has 0 spiro atoms. The van der Waals surface area contributed by atoms with Crippen LogP contribution in [0.4, 0.5) is 11.4 Å². The second kappa shape index (κ2) is 10.9. The summed E-state index contributed by atoms with van der Waals surface area (Å²) in [6, 6.07) is 9.59. The number of benzene rings is 2. The van der Waals surface area contributed by atoms with Crippen molar-refractivity contribution in [1.29, 1.82) is 0 Å². The van der Waals surface area contributed by atoms with Gasteiger partial charge in [0, 0.05) is 30.8 Å². The van der Waals surface area contributed by atoms with Crippen LogP contribution in [-0.2, 0) is 14.6 Å². The Morgan fingerprint density at radius 1 is 1.03 bits per heavy atom. The molecule has 2 aromatic carbocycles. The summed E-state index contributed by atoms with van der Waals surface area (Å²) in [7, 11) is -3.40. The van der Waals surface area contributed by atoms with Gasteiger partial charge < -0.3 is 24.4 Å². The van der Waals surface area contributed by atoms with Gasteiger partial charge in [0.15, 0.2) is 9.84 Å². The van der Waals surface area contributed by atoms with E-state index in [9.17, 15) is 13.2 Å². The fourth-order valence-electron chi connectivity index (χ4n) is 3.51. The van der Waals surface area contributed by atoms with Gasteiger partial charge in [-0.2, -0.15) is 0 Å². The lowest BCUT2D eigenvalue weighted by atomic mass is 10.1. The lowest BCUT2D eigenvalue weighted by molar-refractivity contribution is 0.102. The monoisotopic (exact) mass is 476 g/mol. The van der Waals surface area contributed by atoms with E-state index in [0.717, 1.165) is 18.8 Å². The average Bonchev–Trinajstić information content (AvgIpc) is 2.81. The van der Waals surface area contributed by atoms with Gasteiger partial charge in [0.25, 0.3) is 5.91 Å². The number of ether oxygens (including phenoxy) is 3. The minimum absolute atomic E-state index is 0.192. The molecule has 1 N–H and O–H groups in total. The fourth-order valence-corrected chi connectivity index (χ4v) is 4.57. The number of sulfone groups is 1. The molecule has 0 atom stereocenters. The van der Waals surface area contributed by atoms with Crippen molar-refractivity contribution < 1.29 is 27.4 Å². The lowest BCUT2D eigenvalue weighted by Gasteiger charge is -2.31. The van der Waals surface area contributed by atoms with Crippen LogP contribution in [0.15, 0.2) is 41.3 Å². The molecule has 0 aromatic heterocycles. The van der Waals surface area contributed by atoms with E-state index in [-0.39, 0.29) is 10.8 Å². The van der Waals surface area contributed by atoms with Crippen molar-refractivity contribution in [2.75, 3.05) is 49.7 Å². The first-order valence-electron chi connectivity index (χ1n) is 11.2. The van der Waals surface area contributed by atoms with Gasteiger partial charge in [0.05, 0.1) is 47.9 Å². The van der Waals surface area contributed by atoms with E-state index in [2.05, 4.69) is 10.2 Å². The second-order valence-electron chi connectivity index (χ2n) is 7.85. The second-order valence-corrected chi connectivity index (χ2v) is 10.4. The maximum atomic E-state index is 12.9. The summed E-state index contributed by atoms with van der Waals surface area (Å²) in [6.07, 6.45) is 0. The summed E-state index contributed by atoms with van der Waals surface area (Å²) < 4.78 is 41.8. The Bertz CT molecular complexity index is 1060. The number of nitrogens with zero attached hydrogens (tertiary/aromatic N) is 1. The molecule has 0 radical (unpaired) electrons. The summed E-state index contributed by atoms with van der Waals surface area (Å²) in [5, 5.41) is 2.35. The molecular weight excluding hydrogens is 444 g/mol. The number of hydrogen-bond donors (Lipinski definition) is 1. The van der Waals surface area contributed by atoms with Crippen LogP contribution in [0, 0.1) is 0 Å². The van der Waals surface area contributed by atoms with Crippen LogP contribution in [0.1, 0.15) is 38.1 Å². The van der Waals surface area contributed by atoms with E-state index < -0.39 is 15.1 Å². The minimum Gasteiger partial charge on any atom is -0.492 e. The van der Waals surface area contributed by atoms with Gasteiger partial charge in [-0.25, -0.2) is 8.42 Å². The third-order valence-corrected chi connectivity index (χ3v) is 7.50. The van der Waals surface area contributed by atoms with Crippen LogP contribution in [0.2, 0.25) is 0 Å². The normalized spacial score (nSPS) is 14.3. The Labute approximate surface area is 195 Å². The van der Waals surface area contributed by atoms with Crippen molar-refractivity contribution in [2.24, 2.45) is 0 Å². The molecule has 1 aliphatic heterocycles. The number of rotatable bonds is 9. The van der Waals surface area contributed by atoms with Crippen molar-refractivity contribution in [3.8, 4) is 11.5 Å². The highest BCUT2D eigenvalue weighted by molar-refractivity contribution is 7.92. The minimum atomic E-state index is -3.40. The molecule has 1 amide bonds. The zero-order valence-corrected chi connectivity index (χ0v) is 20.4. The molecule has 180 valence electrons. The van der Waals surface area contributed by atoms with Gasteiger partial charge in [0.2, 0.25) is 0 Å². The van der Waals surface area contributed by atoms with E-state index >= 15 is 0 Å². The fraction of sp³-hybridized carbons (Fsp3) is 0.458. The van der Waals surface area contributed by atoms with E-state index in [0.29, 0.717) is 49.2 Å². The van der Waals surface area contributed by atoms with E-state index in [1.807, 2.05) is 19.9 Å². The van der Waals surface area contributed by atoms with E-state index in [1.165, 1.54) is 24.3 Å². The Morgan fingerprint density at radius 3 is 2.21 bits per heavy atom. The third kappa shape index (κ3) is 5.78. The molecule has 2 aromatic rings. The van der Waals surface area contributed by atoms with Crippen LogP contribution < -0.4 is 19.7 Å². The summed E-state index contributed by atoms with van der Waals surface area (Å²) in [5.74, 6) is 0.817. The van der Waals surface area contributed by atoms with E-state index in [4.69, 9.17) is 14.2 Å². The van der Waals surface area contributed by atoms with Gasteiger partial charge in [-0.05, 0) is 52.0 Å². The van der Waals surface area contributed by atoms with Crippen LogP contribution >= 0.6 is 0 Å². The molecule has 1 heterocycles. The number of anilines is 2. The molecule has 0 bridgehead atoms. The first kappa shape index (κ1) is 24.9. The van der Waals surface area contributed by atoms with Crippen LogP contribution in [0.3, 0.4) is 0 Å². The molecular formula is C24H32N2O6S. The SMILES string of the molecule is CCOc1cc(N2CCOCC2)c(OCC)cc1NC(=O)c1ccc(S(=O)(=O)C(C)C)cc1. The van der Waals surface area contributed by atoms with Gasteiger partial charge >= 0.3 is 0 Å². The van der Waals surface area contributed by atoms with Gasteiger partial charge in [0.1, 0.15) is 11.5 Å². The van der Waals surface area contributed by atoms with Crippen LogP contribution in [0.5, 0.6) is 11.5 Å². The molecule has 1 saturated heterocycles. The molecule has 9 heteroatoms. The predicted octanol–water partition coefficient (Wildman–Crippen LogP) is 3.76. The quantitative estimate of drug-likeness (QED) is 0.589. The average molecular weight is 477 g/mol. The Balaban J connectivity index is 1.89. The van der Waals surface area contributed by atoms with Gasteiger partial charge in [-0.3, -0.25) is 4.79 Å². The number of amides is 1. The zero-order chi connectivity index (χ0) is 24.0. The standard InChI is InChI=1S/C24H32N2O6S/c1-5-31-22-16-21(26-11-13-30-14-12-26)23(32-6-2)15-20(22)25-24(27)18-7-9-19(10-8-18)33(28,29)17(3)4/h7-10,15-17H,5-6,11-14H2,1-4H3,(H,25,27). The highest BCUT2D eigenvalue weighted by Gasteiger charge is 2.22. The Hall–Kier alpha value is -2.78. The topological polar surface area (TPSA) is 94.2 Å². The molecule has 0 unspecified atom stereocenters. The molecule has 0 saturated carbocycles. The van der Waals surface area contributed by atoms with Gasteiger partial charge in [-0.15, -0.1) is 0 Å². The van der Waals surface area contributed by atoms with Gasteiger partial charge in [-0.1, -0.05) is 0 Å². The smallest absolute Gasteiger partial charge is 0.255 e. The van der Waals surface area contributed by atoms with E-state index in [1.54, 1.807) is 19.9 Å². The molecule has 1 fully saturated rings. The summed E-state index contributed by atoms with van der Waals surface area (Å²) in [5.41, 5.74) is 1.72. The largest absolute Gasteiger partial charge is 0.492 e.